The maximum atomic E-state index is 11.7. The predicted molar refractivity (Wildman–Crippen MR) is 52.9 cm³/mol. The molecule has 0 aromatic heterocycles. The lowest BCUT2D eigenvalue weighted by Crippen LogP contribution is -2.44. The van der Waals surface area contributed by atoms with Gasteiger partial charge in [0, 0.05) is 13.2 Å². The fraction of sp³-hybridized carbons (Fsp3) is 0.889. The molecule has 16 heavy (non-hydrogen) atoms. The van der Waals surface area contributed by atoms with Crippen molar-refractivity contribution >= 4 is 6.03 Å². The fourth-order valence-electron chi connectivity index (χ4n) is 0.954. The van der Waals surface area contributed by atoms with Crippen molar-refractivity contribution in [2.24, 2.45) is 5.41 Å². The second-order valence-electron chi connectivity index (χ2n) is 4.29. The topological polar surface area (TPSA) is 61.4 Å². The smallest absolute Gasteiger partial charge is 0.396 e. The van der Waals surface area contributed by atoms with E-state index in [1.165, 1.54) is 0 Å². The third kappa shape index (κ3) is 8.34. The van der Waals surface area contributed by atoms with Crippen molar-refractivity contribution in [3.05, 3.63) is 0 Å². The van der Waals surface area contributed by atoms with Gasteiger partial charge in [-0.15, -0.1) is 0 Å². The maximum absolute atomic E-state index is 11.7. The Bertz CT molecular complexity index is 229. The molecule has 96 valence electrons. The van der Waals surface area contributed by atoms with Crippen LogP contribution in [0.3, 0.4) is 0 Å². The monoisotopic (exact) mass is 242 g/mol. The first kappa shape index (κ1) is 15.0. The normalized spacial score (nSPS) is 12.4. The number of urea groups is 1. The highest BCUT2D eigenvalue weighted by molar-refractivity contribution is 5.73. The van der Waals surface area contributed by atoms with E-state index in [1.54, 1.807) is 19.2 Å². The Morgan fingerprint density at radius 1 is 1.19 bits per heavy atom. The lowest BCUT2D eigenvalue weighted by Gasteiger charge is -2.23. The van der Waals surface area contributed by atoms with Crippen molar-refractivity contribution < 1.29 is 23.1 Å². The van der Waals surface area contributed by atoms with Crippen molar-refractivity contribution in [2.45, 2.75) is 26.4 Å². The summed E-state index contributed by atoms with van der Waals surface area (Å²) >= 11 is 0. The quantitative estimate of drug-likeness (QED) is 0.679. The van der Waals surface area contributed by atoms with Crippen LogP contribution in [0.2, 0.25) is 0 Å². The van der Waals surface area contributed by atoms with E-state index in [9.17, 15) is 18.0 Å². The Morgan fingerprint density at radius 3 is 2.12 bits per heavy atom. The molecule has 0 heterocycles. The minimum Gasteiger partial charge on any atom is -0.396 e. The minimum atomic E-state index is -4.40. The zero-order valence-electron chi connectivity index (χ0n) is 9.32. The summed E-state index contributed by atoms with van der Waals surface area (Å²) in [5, 5.41) is 12.7. The van der Waals surface area contributed by atoms with Gasteiger partial charge in [0.2, 0.25) is 0 Å². The molecule has 0 rings (SSSR count). The Labute approximate surface area is 92.2 Å². The van der Waals surface area contributed by atoms with E-state index in [1.807, 2.05) is 0 Å². The maximum Gasteiger partial charge on any atom is 0.405 e. The molecule has 0 aliphatic heterocycles. The predicted octanol–water partition coefficient (Wildman–Crippen LogP) is 1.26. The van der Waals surface area contributed by atoms with Crippen LogP contribution in [0, 0.1) is 5.41 Å². The van der Waals surface area contributed by atoms with Gasteiger partial charge in [-0.25, -0.2) is 4.79 Å². The molecule has 0 aromatic rings. The highest BCUT2D eigenvalue weighted by atomic mass is 19.4. The molecule has 0 radical (unpaired) electrons. The van der Waals surface area contributed by atoms with E-state index in [4.69, 9.17) is 5.11 Å². The lowest BCUT2D eigenvalue weighted by atomic mass is 9.90. The number of hydrogen-bond donors (Lipinski definition) is 3. The van der Waals surface area contributed by atoms with E-state index in [0.29, 0.717) is 6.42 Å². The van der Waals surface area contributed by atoms with Crippen LogP contribution >= 0.6 is 0 Å². The van der Waals surface area contributed by atoms with Crippen molar-refractivity contribution in [2.75, 3.05) is 19.7 Å². The number of rotatable bonds is 5. The number of halogens is 3. The molecule has 0 saturated heterocycles. The Balaban J connectivity index is 3.81. The van der Waals surface area contributed by atoms with Crippen molar-refractivity contribution in [3.63, 3.8) is 0 Å². The van der Waals surface area contributed by atoms with Crippen LogP contribution in [0.15, 0.2) is 0 Å². The number of alkyl halides is 3. The molecule has 3 N–H and O–H groups in total. The van der Waals surface area contributed by atoms with E-state index in [-0.39, 0.29) is 18.6 Å². The van der Waals surface area contributed by atoms with Gasteiger partial charge in [0.15, 0.2) is 0 Å². The minimum absolute atomic E-state index is 0.0289. The number of carbonyl (C=O) groups is 1. The molecule has 2 amide bonds. The number of amides is 2. The van der Waals surface area contributed by atoms with E-state index in [2.05, 4.69) is 5.32 Å². The van der Waals surface area contributed by atoms with Crippen molar-refractivity contribution in [3.8, 4) is 0 Å². The zero-order chi connectivity index (χ0) is 12.8. The summed E-state index contributed by atoms with van der Waals surface area (Å²) in [6.07, 6.45) is -3.94. The van der Waals surface area contributed by atoms with Crippen LogP contribution in [0.1, 0.15) is 20.3 Å². The fourth-order valence-corrected chi connectivity index (χ4v) is 0.954. The molecule has 0 aliphatic rings. The van der Waals surface area contributed by atoms with E-state index in [0.717, 1.165) is 0 Å². The third-order valence-corrected chi connectivity index (χ3v) is 1.97. The molecule has 0 atom stereocenters. The first-order valence-electron chi connectivity index (χ1n) is 4.86. The summed E-state index contributed by atoms with van der Waals surface area (Å²) in [6.45, 7) is 2.43. The van der Waals surface area contributed by atoms with Gasteiger partial charge >= 0.3 is 12.2 Å². The molecular formula is C9H17F3N2O2. The summed E-state index contributed by atoms with van der Waals surface area (Å²) in [7, 11) is 0. The van der Waals surface area contributed by atoms with Gasteiger partial charge in [0.25, 0.3) is 0 Å². The van der Waals surface area contributed by atoms with Crippen LogP contribution in [-0.2, 0) is 0 Å². The summed E-state index contributed by atoms with van der Waals surface area (Å²) in [4.78, 5) is 11.0. The second kappa shape index (κ2) is 5.93. The Morgan fingerprint density at radius 2 is 1.69 bits per heavy atom. The number of aliphatic hydroxyl groups excluding tert-OH is 1. The van der Waals surface area contributed by atoms with Gasteiger partial charge in [-0.1, -0.05) is 13.8 Å². The van der Waals surface area contributed by atoms with Gasteiger partial charge in [-0.2, -0.15) is 13.2 Å². The molecule has 0 fully saturated rings. The van der Waals surface area contributed by atoms with Gasteiger partial charge in [-0.05, 0) is 11.8 Å². The van der Waals surface area contributed by atoms with Crippen molar-refractivity contribution in [1.29, 1.82) is 0 Å². The summed E-state index contributed by atoms with van der Waals surface area (Å²) < 4.78 is 35.2. The summed E-state index contributed by atoms with van der Waals surface area (Å²) in [6, 6.07) is -0.858. The van der Waals surface area contributed by atoms with Gasteiger partial charge < -0.3 is 15.7 Å². The Hall–Kier alpha value is -0.980. The van der Waals surface area contributed by atoms with Crippen LogP contribution in [0.4, 0.5) is 18.0 Å². The molecular weight excluding hydrogens is 225 g/mol. The Kier molecular flexibility index (Phi) is 5.57. The molecule has 0 aliphatic carbocycles. The van der Waals surface area contributed by atoms with Crippen molar-refractivity contribution in [1.82, 2.24) is 10.6 Å². The second-order valence-corrected chi connectivity index (χ2v) is 4.29. The average molecular weight is 242 g/mol. The standard InChI is InChI=1S/C9H17F3N2O2/c1-8(2,3-4-15)5-13-7(16)14-6-9(10,11)12/h15H,3-6H2,1-2H3,(H2,13,14,16). The highest BCUT2D eigenvalue weighted by Crippen LogP contribution is 2.17. The average Bonchev–Trinajstić information content (AvgIpc) is 2.10. The summed E-state index contributed by atoms with van der Waals surface area (Å²) in [5.74, 6) is 0. The van der Waals surface area contributed by atoms with Crippen LogP contribution in [-0.4, -0.2) is 37.0 Å². The molecule has 0 aromatic carbocycles. The molecule has 0 spiro atoms. The highest BCUT2D eigenvalue weighted by Gasteiger charge is 2.28. The van der Waals surface area contributed by atoms with Gasteiger partial charge in [-0.3, -0.25) is 0 Å². The number of hydrogen-bond acceptors (Lipinski definition) is 2. The van der Waals surface area contributed by atoms with E-state index >= 15 is 0 Å². The lowest BCUT2D eigenvalue weighted by molar-refractivity contribution is -0.122. The van der Waals surface area contributed by atoms with E-state index < -0.39 is 18.8 Å². The van der Waals surface area contributed by atoms with Gasteiger partial charge in [0.1, 0.15) is 6.54 Å². The molecule has 4 nitrogen and oxygen atoms in total. The third-order valence-electron chi connectivity index (χ3n) is 1.97. The number of nitrogens with one attached hydrogen (secondary N) is 2. The number of aliphatic hydroxyl groups is 1. The van der Waals surface area contributed by atoms with Gasteiger partial charge in [0.05, 0.1) is 0 Å². The first-order valence-corrected chi connectivity index (χ1v) is 4.86. The largest absolute Gasteiger partial charge is 0.405 e. The molecule has 7 heteroatoms. The molecule has 0 unspecified atom stereocenters. The summed E-state index contributed by atoms with van der Waals surface area (Å²) in [5.41, 5.74) is -0.343. The van der Waals surface area contributed by atoms with Crippen LogP contribution in [0.5, 0.6) is 0 Å². The zero-order valence-corrected chi connectivity index (χ0v) is 9.32. The van der Waals surface area contributed by atoms with Crippen LogP contribution in [0.25, 0.3) is 0 Å². The number of carbonyl (C=O) groups excluding carboxylic acids is 1. The SMILES string of the molecule is CC(C)(CCO)CNC(=O)NCC(F)(F)F. The van der Waals surface area contributed by atoms with Crippen LogP contribution < -0.4 is 10.6 Å². The molecule has 0 bridgehead atoms. The molecule has 0 saturated carbocycles. The first-order chi connectivity index (χ1) is 7.16.